The van der Waals surface area contributed by atoms with Crippen molar-refractivity contribution in [2.75, 3.05) is 32.8 Å². The van der Waals surface area contributed by atoms with Gasteiger partial charge in [0.1, 0.15) is 0 Å². The number of hydrogen-bond donors (Lipinski definition) is 2. The van der Waals surface area contributed by atoms with Crippen molar-refractivity contribution >= 4 is 0 Å². The molecule has 0 unspecified atom stereocenters. The molecule has 0 aromatic carbocycles. The van der Waals surface area contributed by atoms with E-state index in [2.05, 4.69) is 10.2 Å². The number of rotatable bonds is 4. The second-order valence-electron chi connectivity index (χ2n) is 4.93. The lowest BCUT2D eigenvalue weighted by Crippen LogP contribution is -2.50. The zero-order chi connectivity index (χ0) is 10.5. The van der Waals surface area contributed by atoms with E-state index in [1.54, 1.807) is 0 Å². The van der Waals surface area contributed by atoms with Gasteiger partial charge in [-0.15, -0.1) is 0 Å². The van der Waals surface area contributed by atoms with Gasteiger partial charge in [0, 0.05) is 12.6 Å². The van der Waals surface area contributed by atoms with Crippen molar-refractivity contribution in [3.63, 3.8) is 0 Å². The molecule has 0 spiro atoms. The van der Waals surface area contributed by atoms with Gasteiger partial charge in [-0.2, -0.15) is 0 Å². The summed E-state index contributed by atoms with van der Waals surface area (Å²) in [5, 5.41) is 12.1. The third kappa shape index (κ3) is 2.92. The number of hydrogen-bond acceptors (Lipinski definition) is 3. The summed E-state index contributed by atoms with van der Waals surface area (Å²) in [6.45, 7) is 4.76. The Balaban J connectivity index is 1.81. The zero-order valence-corrected chi connectivity index (χ0v) is 9.62. The maximum absolute atomic E-state index is 8.76. The van der Waals surface area contributed by atoms with E-state index in [-0.39, 0.29) is 6.61 Å². The van der Waals surface area contributed by atoms with Crippen LogP contribution in [0.15, 0.2) is 0 Å². The summed E-state index contributed by atoms with van der Waals surface area (Å²) >= 11 is 0. The summed E-state index contributed by atoms with van der Waals surface area (Å²) in [6.07, 6.45) is 6.94. The first-order chi connectivity index (χ1) is 7.42. The highest BCUT2D eigenvalue weighted by Crippen LogP contribution is 2.30. The molecule has 3 nitrogen and oxygen atoms in total. The molecule has 2 aliphatic heterocycles. The highest BCUT2D eigenvalue weighted by molar-refractivity contribution is 4.87. The van der Waals surface area contributed by atoms with Crippen LogP contribution in [-0.4, -0.2) is 48.8 Å². The molecule has 2 atom stereocenters. The Morgan fingerprint density at radius 3 is 2.87 bits per heavy atom. The Hall–Kier alpha value is -0.120. The van der Waals surface area contributed by atoms with E-state index >= 15 is 0 Å². The number of aliphatic hydroxyl groups excluding tert-OH is 1. The van der Waals surface area contributed by atoms with Crippen LogP contribution in [0.2, 0.25) is 0 Å². The van der Waals surface area contributed by atoms with Gasteiger partial charge in [0.2, 0.25) is 0 Å². The van der Waals surface area contributed by atoms with E-state index in [0.29, 0.717) is 0 Å². The summed E-state index contributed by atoms with van der Waals surface area (Å²) in [4.78, 5) is 2.69. The van der Waals surface area contributed by atoms with E-state index < -0.39 is 0 Å². The molecule has 0 aromatic rings. The second-order valence-corrected chi connectivity index (χ2v) is 4.93. The van der Waals surface area contributed by atoms with Gasteiger partial charge in [-0.25, -0.2) is 0 Å². The summed E-state index contributed by atoms with van der Waals surface area (Å²) in [5.41, 5.74) is 0. The Labute approximate surface area is 92.8 Å². The van der Waals surface area contributed by atoms with Crippen LogP contribution in [0, 0.1) is 5.92 Å². The minimum Gasteiger partial charge on any atom is -0.395 e. The van der Waals surface area contributed by atoms with Crippen molar-refractivity contribution in [2.45, 2.75) is 38.1 Å². The van der Waals surface area contributed by atoms with E-state index in [4.69, 9.17) is 5.11 Å². The quantitative estimate of drug-likeness (QED) is 0.678. The monoisotopic (exact) mass is 212 g/mol. The van der Waals surface area contributed by atoms with Crippen LogP contribution in [0.4, 0.5) is 0 Å². The van der Waals surface area contributed by atoms with Gasteiger partial charge in [0.15, 0.2) is 0 Å². The van der Waals surface area contributed by atoms with E-state index in [1.165, 1.54) is 45.2 Å². The fraction of sp³-hybridized carbons (Fsp3) is 1.00. The maximum Gasteiger partial charge on any atom is 0.0555 e. The number of piperidine rings is 2. The molecule has 2 N–H and O–H groups in total. The molecule has 15 heavy (non-hydrogen) atoms. The van der Waals surface area contributed by atoms with Crippen molar-refractivity contribution in [2.24, 2.45) is 5.92 Å². The molecule has 0 amide bonds. The van der Waals surface area contributed by atoms with Crippen LogP contribution in [-0.2, 0) is 0 Å². The number of nitrogens with one attached hydrogen (secondary N) is 1. The molecule has 2 fully saturated rings. The van der Waals surface area contributed by atoms with Crippen LogP contribution in [0.1, 0.15) is 32.1 Å². The lowest BCUT2D eigenvalue weighted by Gasteiger charge is -2.44. The molecule has 2 saturated heterocycles. The van der Waals surface area contributed by atoms with Crippen LogP contribution >= 0.6 is 0 Å². The van der Waals surface area contributed by atoms with Crippen LogP contribution in [0.25, 0.3) is 0 Å². The highest BCUT2D eigenvalue weighted by atomic mass is 16.3. The molecular weight excluding hydrogens is 188 g/mol. The molecule has 88 valence electrons. The molecule has 0 radical (unpaired) electrons. The average Bonchev–Trinajstić information content (AvgIpc) is 2.30. The molecular formula is C12H24N2O. The summed E-state index contributed by atoms with van der Waals surface area (Å²) in [5.74, 6) is 0.825. The topological polar surface area (TPSA) is 35.5 Å². The van der Waals surface area contributed by atoms with Crippen molar-refractivity contribution in [3.05, 3.63) is 0 Å². The molecule has 3 heteroatoms. The molecule has 2 aliphatic rings. The van der Waals surface area contributed by atoms with Crippen molar-refractivity contribution < 1.29 is 5.11 Å². The fourth-order valence-electron chi connectivity index (χ4n) is 3.18. The Morgan fingerprint density at radius 2 is 2.00 bits per heavy atom. The third-order valence-corrected chi connectivity index (χ3v) is 3.92. The van der Waals surface area contributed by atoms with Gasteiger partial charge in [-0.1, -0.05) is 6.42 Å². The van der Waals surface area contributed by atoms with Gasteiger partial charge in [-0.05, 0) is 51.2 Å². The lowest BCUT2D eigenvalue weighted by atomic mass is 9.83. The molecule has 2 rings (SSSR count). The first-order valence-electron chi connectivity index (χ1n) is 6.47. The summed E-state index contributed by atoms with van der Waals surface area (Å²) < 4.78 is 0. The normalized spacial score (nSPS) is 32.6. The highest BCUT2D eigenvalue weighted by Gasteiger charge is 2.32. The second kappa shape index (κ2) is 5.83. The molecule has 0 saturated carbocycles. The van der Waals surface area contributed by atoms with Gasteiger partial charge in [0.25, 0.3) is 0 Å². The van der Waals surface area contributed by atoms with Gasteiger partial charge >= 0.3 is 0 Å². The number of aliphatic hydroxyl groups is 1. The Kier molecular flexibility index (Phi) is 4.42. The van der Waals surface area contributed by atoms with E-state index in [0.717, 1.165) is 25.0 Å². The third-order valence-electron chi connectivity index (χ3n) is 3.92. The largest absolute Gasteiger partial charge is 0.395 e. The molecule has 0 aliphatic carbocycles. The average molecular weight is 212 g/mol. The predicted molar refractivity (Wildman–Crippen MR) is 61.9 cm³/mol. The lowest BCUT2D eigenvalue weighted by molar-refractivity contribution is 0.0590. The smallest absolute Gasteiger partial charge is 0.0555 e. The summed E-state index contributed by atoms with van der Waals surface area (Å²) in [7, 11) is 0. The molecule has 0 aromatic heterocycles. The van der Waals surface area contributed by atoms with Crippen LogP contribution in [0.5, 0.6) is 0 Å². The predicted octanol–water partition coefficient (Wildman–Crippen LogP) is 0.833. The number of fused-ring (bicyclic) bond motifs is 1. The Morgan fingerprint density at radius 1 is 1.13 bits per heavy atom. The zero-order valence-electron chi connectivity index (χ0n) is 9.62. The van der Waals surface area contributed by atoms with Crippen molar-refractivity contribution in [3.8, 4) is 0 Å². The van der Waals surface area contributed by atoms with E-state index in [9.17, 15) is 0 Å². The standard InChI is InChI=1S/C12H24N2O/c15-9-6-13-10-11-4-3-8-14-7-2-1-5-12(11)14/h11-13,15H,1-10H2/t11-,12+/m1/s1. The Bertz CT molecular complexity index is 184. The first-order valence-corrected chi connectivity index (χ1v) is 6.47. The van der Waals surface area contributed by atoms with Crippen molar-refractivity contribution in [1.82, 2.24) is 10.2 Å². The SMILES string of the molecule is OCCNC[C@H]1CCCN2CCCC[C@@H]12. The van der Waals surface area contributed by atoms with Crippen LogP contribution in [0.3, 0.4) is 0 Å². The van der Waals surface area contributed by atoms with Gasteiger partial charge in [0.05, 0.1) is 6.61 Å². The van der Waals surface area contributed by atoms with Crippen LogP contribution < -0.4 is 5.32 Å². The van der Waals surface area contributed by atoms with E-state index in [1.807, 2.05) is 0 Å². The van der Waals surface area contributed by atoms with Crippen molar-refractivity contribution in [1.29, 1.82) is 0 Å². The van der Waals surface area contributed by atoms with Gasteiger partial charge in [-0.3, -0.25) is 0 Å². The molecule has 2 heterocycles. The maximum atomic E-state index is 8.76. The minimum atomic E-state index is 0.265. The fourth-order valence-corrected chi connectivity index (χ4v) is 3.18. The molecule has 0 bridgehead atoms. The first kappa shape index (κ1) is 11.4. The summed E-state index contributed by atoms with van der Waals surface area (Å²) in [6, 6.07) is 0.832. The minimum absolute atomic E-state index is 0.265. The number of nitrogens with zero attached hydrogens (tertiary/aromatic N) is 1. The van der Waals surface area contributed by atoms with Gasteiger partial charge < -0.3 is 15.3 Å².